The lowest BCUT2D eigenvalue weighted by atomic mass is 10.1. The first-order valence-electron chi connectivity index (χ1n) is 7.48. The monoisotopic (exact) mass is 272 g/mol. The maximum Gasteiger partial charge on any atom is 0.124 e. The Kier molecular flexibility index (Phi) is 3.52. The van der Waals surface area contributed by atoms with Crippen molar-refractivity contribution in [1.29, 1.82) is 0 Å². The fourth-order valence-corrected chi connectivity index (χ4v) is 2.97. The van der Waals surface area contributed by atoms with Gasteiger partial charge in [0.2, 0.25) is 0 Å². The SMILES string of the molecule is CC(C)(N)Cn1c(CN2CCCC2)nc2ccccc21. The maximum absolute atomic E-state index is 6.23. The van der Waals surface area contributed by atoms with E-state index in [1.807, 2.05) is 6.07 Å². The Labute approximate surface area is 120 Å². The van der Waals surface area contributed by atoms with E-state index in [1.165, 1.54) is 31.4 Å². The van der Waals surface area contributed by atoms with E-state index in [0.717, 1.165) is 24.4 Å². The molecule has 4 heteroatoms. The van der Waals surface area contributed by atoms with Crippen LogP contribution in [-0.2, 0) is 13.1 Å². The second-order valence-corrected chi connectivity index (χ2v) is 6.57. The lowest BCUT2D eigenvalue weighted by molar-refractivity contribution is 0.311. The normalized spacial score (nSPS) is 17.1. The van der Waals surface area contributed by atoms with Crippen molar-refractivity contribution in [2.75, 3.05) is 13.1 Å². The third kappa shape index (κ3) is 2.86. The Morgan fingerprint density at radius 3 is 2.60 bits per heavy atom. The number of hydrogen-bond donors (Lipinski definition) is 1. The van der Waals surface area contributed by atoms with E-state index in [9.17, 15) is 0 Å². The summed E-state index contributed by atoms with van der Waals surface area (Å²) in [5.41, 5.74) is 8.27. The van der Waals surface area contributed by atoms with Gasteiger partial charge in [-0.25, -0.2) is 4.98 Å². The van der Waals surface area contributed by atoms with Crippen LogP contribution in [0.2, 0.25) is 0 Å². The highest BCUT2D eigenvalue weighted by Crippen LogP contribution is 2.21. The molecular weight excluding hydrogens is 248 g/mol. The predicted octanol–water partition coefficient (Wildman–Crippen LogP) is 2.37. The van der Waals surface area contributed by atoms with Crippen molar-refractivity contribution in [1.82, 2.24) is 14.5 Å². The minimum absolute atomic E-state index is 0.233. The Balaban J connectivity index is 1.98. The van der Waals surface area contributed by atoms with E-state index in [2.05, 4.69) is 41.5 Å². The van der Waals surface area contributed by atoms with E-state index in [4.69, 9.17) is 10.7 Å². The van der Waals surface area contributed by atoms with Gasteiger partial charge in [-0.05, 0) is 51.9 Å². The average molecular weight is 272 g/mol. The summed E-state index contributed by atoms with van der Waals surface area (Å²) >= 11 is 0. The minimum atomic E-state index is -0.233. The Morgan fingerprint density at radius 1 is 1.20 bits per heavy atom. The highest BCUT2D eigenvalue weighted by molar-refractivity contribution is 5.75. The molecule has 0 spiro atoms. The van der Waals surface area contributed by atoms with Gasteiger partial charge in [-0.15, -0.1) is 0 Å². The lowest BCUT2D eigenvalue weighted by Gasteiger charge is -2.23. The van der Waals surface area contributed by atoms with Gasteiger partial charge in [-0.3, -0.25) is 4.90 Å². The molecule has 1 fully saturated rings. The van der Waals surface area contributed by atoms with Crippen LogP contribution in [0.5, 0.6) is 0 Å². The van der Waals surface area contributed by atoms with Crippen LogP contribution in [-0.4, -0.2) is 33.1 Å². The van der Waals surface area contributed by atoms with Gasteiger partial charge in [0, 0.05) is 12.1 Å². The fraction of sp³-hybridized carbons (Fsp3) is 0.562. The molecule has 2 N–H and O–H groups in total. The van der Waals surface area contributed by atoms with Crippen LogP contribution in [0.3, 0.4) is 0 Å². The molecule has 0 atom stereocenters. The maximum atomic E-state index is 6.23. The van der Waals surface area contributed by atoms with Crippen molar-refractivity contribution in [2.45, 2.75) is 45.3 Å². The fourth-order valence-electron chi connectivity index (χ4n) is 2.97. The van der Waals surface area contributed by atoms with Gasteiger partial charge in [0.1, 0.15) is 5.82 Å². The van der Waals surface area contributed by atoms with Crippen molar-refractivity contribution in [2.24, 2.45) is 5.73 Å². The van der Waals surface area contributed by atoms with E-state index in [0.29, 0.717) is 0 Å². The molecule has 1 aliphatic heterocycles. The summed E-state index contributed by atoms with van der Waals surface area (Å²) in [4.78, 5) is 7.31. The van der Waals surface area contributed by atoms with E-state index in [-0.39, 0.29) is 5.54 Å². The number of imidazole rings is 1. The Hall–Kier alpha value is -1.39. The molecule has 1 aromatic heterocycles. The molecule has 1 aromatic carbocycles. The number of nitrogens with two attached hydrogens (primary N) is 1. The molecule has 0 bridgehead atoms. The first-order valence-corrected chi connectivity index (χ1v) is 7.48. The summed E-state index contributed by atoms with van der Waals surface area (Å²) in [5, 5.41) is 0. The topological polar surface area (TPSA) is 47.1 Å². The summed E-state index contributed by atoms with van der Waals surface area (Å²) < 4.78 is 2.30. The standard InChI is InChI=1S/C16H24N4/c1-16(2,17)12-20-14-8-4-3-7-13(14)18-15(20)11-19-9-5-6-10-19/h3-4,7-8H,5-6,9-12,17H2,1-2H3. The lowest BCUT2D eigenvalue weighted by Crippen LogP contribution is -2.38. The Morgan fingerprint density at radius 2 is 1.90 bits per heavy atom. The molecule has 1 saturated heterocycles. The number of benzene rings is 1. The van der Waals surface area contributed by atoms with Gasteiger partial charge in [0.15, 0.2) is 0 Å². The molecule has 0 aliphatic carbocycles. The van der Waals surface area contributed by atoms with Crippen molar-refractivity contribution in [3.05, 3.63) is 30.1 Å². The predicted molar refractivity (Wildman–Crippen MR) is 82.5 cm³/mol. The number of hydrogen-bond acceptors (Lipinski definition) is 3. The zero-order valence-corrected chi connectivity index (χ0v) is 12.5. The summed E-state index contributed by atoms with van der Waals surface area (Å²) in [5.74, 6) is 1.15. The minimum Gasteiger partial charge on any atom is -0.325 e. The van der Waals surface area contributed by atoms with Crippen molar-refractivity contribution in [3.8, 4) is 0 Å². The van der Waals surface area contributed by atoms with Crippen molar-refractivity contribution < 1.29 is 0 Å². The highest BCUT2D eigenvalue weighted by atomic mass is 15.2. The van der Waals surface area contributed by atoms with E-state index >= 15 is 0 Å². The van der Waals surface area contributed by atoms with Gasteiger partial charge in [-0.1, -0.05) is 12.1 Å². The number of rotatable bonds is 4. The molecule has 0 saturated carbocycles. The zero-order valence-electron chi connectivity index (χ0n) is 12.5. The third-order valence-electron chi connectivity index (χ3n) is 3.86. The number of fused-ring (bicyclic) bond motifs is 1. The smallest absolute Gasteiger partial charge is 0.124 e. The number of aromatic nitrogens is 2. The van der Waals surface area contributed by atoms with Crippen LogP contribution in [0.25, 0.3) is 11.0 Å². The molecule has 20 heavy (non-hydrogen) atoms. The van der Waals surface area contributed by atoms with Crippen LogP contribution in [0.1, 0.15) is 32.5 Å². The third-order valence-corrected chi connectivity index (χ3v) is 3.86. The van der Waals surface area contributed by atoms with Gasteiger partial charge < -0.3 is 10.3 Å². The van der Waals surface area contributed by atoms with Gasteiger partial charge in [0.25, 0.3) is 0 Å². The molecule has 3 rings (SSSR count). The second kappa shape index (κ2) is 5.19. The molecule has 108 valence electrons. The molecule has 0 unspecified atom stereocenters. The molecule has 2 aromatic rings. The van der Waals surface area contributed by atoms with Crippen LogP contribution in [0.15, 0.2) is 24.3 Å². The van der Waals surface area contributed by atoms with E-state index < -0.39 is 0 Å². The summed E-state index contributed by atoms with van der Waals surface area (Å²) in [7, 11) is 0. The number of nitrogens with zero attached hydrogens (tertiary/aromatic N) is 3. The number of para-hydroxylation sites is 2. The zero-order chi connectivity index (χ0) is 14.2. The summed E-state index contributed by atoms with van der Waals surface area (Å²) in [6.45, 7) is 8.26. The molecular formula is C16H24N4. The first kappa shape index (κ1) is 13.6. The van der Waals surface area contributed by atoms with Crippen LogP contribution in [0, 0.1) is 0 Å². The van der Waals surface area contributed by atoms with Gasteiger partial charge in [0.05, 0.1) is 17.6 Å². The summed E-state index contributed by atoms with van der Waals surface area (Å²) in [6, 6.07) is 8.35. The molecule has 1 aliphatic rings. The van der Waals surface area contributed by atoms with Crippen LogP contribution in [0.4, 0.5) is 0 Å². The van der Waals surface area contributed by atoms with E-state index in [1.54, 1.807) is 0 Å². The van der Waals surface area contributed by atoms with Gasteiger partial charge in [-0.2, -0.15) is 0 Å². The highest BCUT2D eigenvalue weighted by Gasteiger charge is 2.20. The molecule has 0 radical (unpaired) electrons. The summed E-state index contributed by atoms with van der Waals surface area (Å²) in [6.07, 6.45) is 2.62. The molecule has 2 heterocycles. The number of likely N-dealkylation sites (tertiary alicyclic amines) is 1. The molecule has 4 nitrogen and oxygen atoms in total. The largest absolute Gasteiger partial charge is 0.325 e. The van der Waals surface area contributed by atoms with Crippen LogP contribution < -0.4 is 5.73 Å². The van der Waals surface area contributed by atoms with Crippen LogP contribution >= 0.6 is 0 Å². The van der Waals surface area contributed by atoms with Crippen molar-refractivity contribution >= 4 is 11.0 Å². The average Bonchev–Trinajstić information content (AvgIpc) is 2.98. The van der Waals surface area contributed by atoms with Gasteiger partial charge >= 0.3 is 0 Å². The van der Waals surface area contributed by atoms with Crippen molar-refractivity contribution in [3.63, 3.8) is 0 Å². The second-order valence-electron chi connectivity index (χ2n) is 6.57. The molecule has 0 amide bonds. The Bertz CT molecular complexity index is 588. The first-order chi connectivity index (χ1) is 9.53. The quantitative estimate of drug-likeness (QED) is 0.929.